The van der Waals surface area contributed by atoms with Crippen LogP contribution in [0.15, 0.2) is 0 Å². The van der Waals surface area contributed by atoms with Gasteiger partial charge in [0.15, 0.2) is 0 Å². The SMILES string of the molecule is Cc1nn(C)c(C)c1CC(=O)NCC(C)(O)CC(=O)O. The number of carbonyl (C=O) groups excluding carboxylic acids is 1. The first-order valence-corrected chi connectivity index (χ1v) is 6.32. The van der Waals surface area contributed by atoms with Crippen LogP contribution in [0.5, 0.6) is 0 Å². The summed E-state index contributed by atoms with van der Waals surface area (Å²) in [6, 6.07) is 0. The Balaban J connectivity index is 2.58. The lowest BCUT2D eigenvalue weighted by molar-refractivity contribution is -0.142. The lowest BCUT2D eigenvalue weighted by Gasteiger charge is -2.21. The van der Waals surface area contributed by atoms with Gasteiger partial charge in [-0.15, -0.1) is 0 Å². The van der Waals surface area contributed by atoms with Crippen LogP contribution in [-0.2, 0) is 23.1 Å². The fourth-order valence-electron chi connectivity index (χ4n) is 1.97. The first-order valence-electron chi connectivity index (χ1n) is 6.32. The summed E-state index contributed by atoms with van der Waals surface area (Å²) >= 11 is 0. The van der Waals surface area contributed by atoms with E-state index in [1.807, 2.05) is 13.8 Å². The quantitative estimate of drug-likeness (QED) is 0.677. The minimum atomic E-state index is -1.46. The maximum absolute atomic E-state index is 11.9. The zero-order chi connectivity index (χ0) is 15.5. The smallest absolute Gasteiger partial charge is 0.306 e. The summed E-state index contributed by atoms with van der Waals surface area (Å²) in [5.41, 5.74) is 1.09. The van der Waals surface area contributed by atoms with Gasteiger partial charge in [-0.2, -0.15) is 5.10 Å². The molecule has 0 aliphatic heterocycles. The first-order chi connectivity index (χ1) is 9.12. The number of hydrogen-bond acceptors (Lipinski definition) is 4. The molecule has 0 spiro atoms. The van der Waals surface area contributed by atoms with E-state index >= 15 is 0 Å². The standard InChI is InChI=1S/C13H21N3O4/c1-8-10(9(2)16(4)15-8)5-11(17)14-7-13(3,20)6-12(18)19/h20H,5-7H2,1-4H3,(H,14,17)(H,18,19). The van der Waals surface area contributed by atoms with E-state index in [-0.39, 0.29) is 18.9 Å². The number of carboxylic acid groups (broad SMARTS) is 1. The number of rotatable bonds is 6. The summed E-state index contributed by atoms with van der Waals surface area (Å²) in [5.74, 6) is -1.38. The molecule has 20 heavy (non-hydrogen) atoms. The number of hydrogen-bond donors (Lipinski definition) is 3. The van der Waals surface area contributed by atoms with Crippen LogP contribution >= 0.6 is 0 Å². The zero-order valence-electron chi connectivity index (χ0n) is 12.2. The lowest BCUT2D eigenvalue weighted by atomic mass is 10.0. The predicted octanol–water partition coefficient (Wildman–Crippen LogP) is -0.0787. The highest BCUT2D eigenvalue weighted by Gasteiger charge is 2.25. The number of aliphatic carboxylic acids is 1. The summed E-state index contributed by atoms with van der Waals surface area (Å²) in [5, 5.41) is 25.2. The maximum Gasteiger partial charge on any atom is 0.306 e. The fourth-order valence-corrected chi connectivity index (χ4v) is 1.97. The fraction of sp³-hybridized carbons (Fsp3) is 0.615. The largest absolute Gasteiger partial charge is 0.481 e. The van der Waals surface area contributed by atoms with Crippen molar-refractivity contribution in [2.75, 3.05) is 6.54 Å². The van der Waals surface area contributed by atoms with E-state index in [9.17, 15) is 14.7 Å². The Bertz CT molecular complexity index is 520. The molecular weight excluding hydrogens is 262 g/mol. The average Bonchev–Trinajstić information content (AvgIpc) is 2.52. The molecule has 7 nitrogen and oxygen atoms in total. The van der Waals surface area contributed by atoms with Crippen LogP contribution in [0.1, 0.15) is 30.3 Å². The van der Waals surface area contributed by atoms with Crippen molar-refractivity contribution in [3.8, 4) is 0 Å². The molecule has 0 saturated carbocycles. The van der Waals surface area contributed by atoms with Gasteiger partial charge in [0.25, 0.3) is 0 Å². The molecule has 1 unspecified atom stereocenters. The van der Waals surface area contributed by atoms with Crippen LogP contribution in [0.4, 0.5) is 0 Å². The van der Waals surface area contributed by atoms with Crippen molar-refractivity contribution < 1.29 is 19.8 Å². The Morgan fingerprint density at radius 1 is 1.40 bits per heavy atom. The number of aliphatic hydroxyl groups is 1. The molecule has 1 aromatic heterocycles. The lowest BCUT2D eigenvalue weighted by Crippen LogP contribution is -2.42. The molecule has 112 valence electrons. The molecule has 1 atom stereocenters. The second kappa shape index (κ2) is 6.04. The van der Waals surface area contributed by atoms with Gasteiger partial charge in [0, 0.05) is 24.8 Å². The molecule has 1 aromatic rings. The average molecular weight is 283 g/mol. The van der Waals surface area contributed by atoms with Crippen molar-refractivity contribution in [2.45, 2.75) is 39.2 Å². The van der Waals surface area contributed by atoms with E-state index in [0.717, 1.165) is 17.0 Å². The first kappa shape index (κ1) is 16.2. The summed E-state index contributed by atoms with van der Waals surface area (Å²) in [4.78, 5) is 22.4. The highest BCUT2D eigenvalue weighted by Crippen LogP contribution is 2.13. The van der Waals surface area contributed by atoms with Crippen LogP contribution in [0, 0.1) is 13.8 Å². The number of carbonyl (C=O) groups is 2. The highest BCUT2D eigenvalue weighted by molar-refractivity contribution is 5.79. The third-order valence-corrected chi connectivity index (χ3v) is 3.19. The molecule has 0 bridgehead atoms. The summed E-state index contributed by atoms with van der Waals surface area (Å²) in [6.45, 7) is 4.98. The minimum Gasteiger partial charge on any atom is -0.481 e. The molecule has 1 heterocycles. The summed E-state index contributed by atoms with van der Waals surface area (Å²) in [7, 11) is 1.81. The molecule has 7 heteroatoms. The van der Waals surface area contributed by atoms with Crippen molar-refractivity contribution in [1.29, 1.82) is 0 Å². The van der Waals surface area contributed by atoms with E-state index < -0.39 is 18.0 Å². The normalized spacial score (nSPS) is 13.8. The number of carboxylic acids is 1. The molecule has 0 saturated heterocycles. The number of aromatic nitrogens is 2. The van der Waals surface area contributed by atoms with Crippen molar-refractivity contribution in [3.05, 3.63) is 17.0 Å². The molecule has 0 aromatic carbocycles. The second-order valence-electron chi connectivity index (χ2n) is 5.29. The Morgan fingerprint density at radius 2 is 2.00 bits per heavy atom. The predicted molar refractivity (Wildman–Crippen MR) is 72.3 cm³/mol. The second-order valence-corrected chi connectivity index (χ2v) is 5.29. The summed E-state index contributed by atoms with van der Waals surface area (Å²) in [6.07, 6.45) is -0.257. The van der Waals surface area contributed by atoms with Crippen molar-refractivity contribution in [3.63, 3.8) is 0 Å². The van der Waals surface area contributed by atoms with E-state index in [1.54, 1.807) is 11.7 Å². The summed E-state index contributed by atoms with van der Waals surface area (Å²) < 4.78 is 1.71. The monoisotopic (exact) mass is 283 g/mol. The highest BCUT2D eigenvalue weighted by atomic mass is 16.4. The van der Waals surface area contributed by atoms with Gasteiger partial charge in [0.2, 0.25) is 5.91 Å². The van der Waals surface area contributed by atoms with Crippen molar-refractivity contribution in [1.82, 2.24) is 15.1 Å². The van der Waals surface area contributed by atoms with Crippen LogP contribution in [0.3, 0.4) is 0 Å². The van der Waals surface area contributed by atoms with Crippen LogP contribution < -0.4 is 5.32 Å². The Hall–Kier alpha value is -1.89. The zero-order valence-corrected chi connectivity index (χ0v) is 12.2. The molecule has 0 radical (unpaired) electrons. The molecule has 1 rings (SSSR count). The molecule has 3 N–H and O–H groups in total. The van der Waals surface area contributed by atoms with Crippen molar-refractivity contribution in [2.24, 2.45) is 7.05 Å². The number of amides is 1. The molecular formula is C13H21N3O4. The van der Waals surface area contributed by atoms with E-state index in [4.69, 9.17) is 5.11 Å². The van der Waals surface area contributed by atoms with Gasteiger partial charge in [-0.05, 0) is 20.8 Å². The van der Waals surface area contributed by atoms with Crippen LogP contribution in [-0.4, -0.2) is 44.0 Å². The van der Waals surface area contributed by atoms with Gasteiger partial charge in [-0.25, -0.2) is 0 Å². The van der Waals surface area contributed by atoms with Gasteiger partial charge >= 0.3 is 5.97 Å². The topological polar surface area (TPSA) is 104 Å². The van der Waals surface area contributed by atoms with Gasteiger partial charge in [0.1, 0.15) is 0 Å². The Morgan fingerprint density at radius 3 is 2.45 bits per heavy atom. The van der Waals surface area contributed by atoms with Crippen LogP contribution in [0.25, 0.3) is 0 Å². The minimum absolute atomic E-state index is 0.101. The van der Waals surface area contributed by atoms with Gasteiger partial charge in [0.05, 0.1) is 24.1 Å². The third kappa shape index (κ3) is 4.34. The van der Waals surface area contributed by atoms with Crippen molar-refractivity contribution >= 4 is 11.9 Å². The molecule has 0 aliphatic rings. The maximum atomic E-state index is 11.9. The number of nitrogens with one attached hydrogen (secondary N) is 1. The van der Waals surface area contributed by atoms with Gasteiger partial charge in [-0.3, -0.25) is 14.3 Å². The third-order valence-electron chi connectivity index (χ3n) is 3.19. The van der Waals surface area contributed by atoms with E-state index in [0.29, 0.717) is 0 Å². The number of aryl methyl sites for hydroxylation is 2. The molecule has 1 amide bonds. The van der Waals surface area contributed by atoms with Gasteiger partial charge in [-0.1, -0.05) is 0 Å². The Kier molecular flexibility index (Phi) is 4.88. The molecule has 0 aliphatic carbocycles. The van der Waals surface area contributed by atoms with E-state index in [2.05, 4.69) is 10.4 Å². The van der Waals surface area contributed by atoms with Gasteiger partial charge < -0.3 is 15.5 Å². The Labute approximate surface area is 117 Å². The molecule has 0 fully saturated rings. The van der Waals surface area contributed by atoms with Crippen LogP contribution in [0.2, 0.25) is 0 Å². The van der Waals surface area contributed by atoms with E-state index in [1.165, 1.54) is 6.92 Å². The number of nitrogens with zero attached hydrogens (tertiary/aromatic N) is 2.